The number of amides is 2. The molecular weight excluding hydrogens is 799 g/mol. The van der Waals surface area contributed by atoms with Crippen molar-refractivity contribution in [2.45, 2.75) is 26.2 Å². The van der Waals surface area contributed by atoms with E-state index in [-0.39, 0.29) is 26.4 Å². The molecule has 0 spiro atoms. The fourth-order valence-electron chi connectivity index (χ4n) is 6.09. The minimum atomic E-state index is -0.445. The molecule has 4 rings (SSSR count). The van der Waals surface area contributed by atoms with Crippen LogP contribution in [0, 0.1) is 0 Å². The summed E-state index contributed by atoms with van der Waals surface area (Å²) < 4.78 is 55.3. The van der Waals surface area contributed by atoms with Crippen molar-refractivity contribution < 1.29 is 57.0 Å². The van der Waals surface area contributed by atoms with Crippen molar-refractivity contribution in [1.82, 2.24) is 14.7 Å². The first-order valence-electron chi connectivity index (χ1n) is 20.6. The monoisotopic (exact) mass is 861 g/mol. The zero-order chi connectivity index (χ0) is 44.2. The lowest BCUT2D eigenvalue weighted by Gasteiger charge is -2.23. The smallest absolute Gasteiger partial charge is 0.410 e. The minimum Gasteiger partial charge on any atom is -0.497 e. The molecule has 0 aliphatic carbocycles. The van der Waals surface area contributed by atoms with Crippen LogP contribution in [0.3, 0.4) is 0 Å². The normalized spacial score (nSPS) is 10.9. The molecule has 4 aromatic rings. The van der Waals surface area contributed by atoms with Crippen LogP contribution >= 0.6 is 0 Å². The molecule has 0 bridgehead atoms. The number of methoxy groups -OCH3 is 4. The zero-order valence-electron chi connectivity index (χ0n) is 36.8. The second kappa shape index (κ2) is 28.9. The van der Waals surface area contributed by atoms with Gasteiger partial charge in [-0.1, -0.05) is 48.5 Å². The fourth-order valence-corrected chi connectivity index (χ4v) is 6.09. The zero-order valence-corrected chi connectivity index (χ0v) is 36.8. The molecule has 15 heteroatoms. The molecule has 0 saturated heterocycles. The molecule has 0 aliphatic heterocycles. The molecular formula is C47H63N3O12. The minimum absolute atomic E-state index is 0.114. The topological polar surface area (TPSA) is 136 Å². The maximum absolute atomic E-state index is 13.1. The van der Waals surface area contributed by atoms with E-state index in [0.29, 0.717) is 88.8 Å². The van der Waals surface area contributed by atoms with Crippen LogP contribution in [-0.2, 0) is 54.6 Å². The Bertz CT molecular complexity index is 1650. The van der Waals surface area contributed by atoms with E-state index >= 15 is 0 Å². The highest BCUT2D eigenvalue weighted by molar-refractivity contribution is 5.68. The van der Waals surface area contributed by atoms with Crippen molar-refractivity contribution in [3.05, 3.63) is 119 Å². The van der Waals surface area contributed by atoms with E-state index < -0.39 is 12.2 Å². The summed E-state index contributed by atoms with van der Waals surface area (Å²) in [7, 11) is 8.45. The summed E-state index contributed by atoms with van der Waals surface area (Å²) in [4.78, 5) is 31.7. The molecule has 4 aromatic carbocycles. The number of hydrogen-bond donors (Lipinski definition) is 0. The Hall–Kier alpha value is -5.58. The van der Waals surface area contributed by atoms with Crippen molar-refractivity contribution in [2.75, 3.05) is 115 Å². The van der Waals surface area contributed by atoms with Gasteiger partial charge in [-0.2, -0.15) is 0 Å². The number of benzene rings is 4. The molecule has 0 heterocycles. The van der Waals surface area contributed by atoms with Crippen molar-refractivity contribution >= 4 is 12.2 Å². The van der Waals surface area contributed by atoms with Crippen LogP contribution in [0.1, 0.15) is 22.3 Å². The summed E-state index contributed by atoms with van der Waals surface area (Å²) in [6, 6.07) is 30.4. The van der Waals surface area contributed by atoms with Gasteiger partial charge in [0.2, 0.25) is 0 Å². The summed E-state index contributed by atoms with van der Waals surface area (Å²) in [6.07, 6.45) is -0.890. The van der Waals surface area contributed by atoms with E-state index in [0.717, 1.165) is 35.3 Å². The molecule has 62 heavy (non-hydrogen) atoms. The number of nitrogens with zero attached hydrogens (tertiary/aromatic N) is 3. The largest absolute Gasteiger partial charge is 0.497 e. The molecule has 0 unspecified atom stereocenters. The van der Waals surface area contributed by atoms with Gasteiger partial charge < -0.3 is 52.3 Å². The summed E-state index contributed by atoms with van der Waals surface area (Å²) in [5.74, 6) is 2.87. The molecule has 15 nitrogen and oxygen atoms in total. The van der Waals surface area contributed by atoms with E-state index in [1.807, 2.05) is 104 Å². The van der Waals surface area contributed by atoms with Gasteiger partial charge >= 0.3 is 12.2 Å². The highest BCUT2D eigenvalue weighted by Crippen LogP contribution is 2.21. The molecule has 0 saturated carbocycles. The highest BCUT2D eigenvalue weighted by Gasteiger charge is 2.19. The Morgan fingerprint density at radius 3 is 0.968 bits per heavy atom. The summed E-state index contributed by atoms with van der Waals surface area (Å²) in [5, 5.41) is 0. The van der Waals surface area contributed by atoms with Crippen molar-refractivity contribution in [3.63, 3.8) is 0 Å². The standard InChI is InChI=1S/C47H63N3O12/c1-48(18-20-57-22-24-59-26-28-61-46(51)49(34-38-10-6-14-42(30-38)53-2)35-39-11-7-15-43(31-39)54-3)19-21-58-23-25-60-27-29-62-47(52)50(36-40-12-8-16-44(32-40)55-4)37-41-13-9-17-45(33-41)56-5/h6-17,30-33H,18-29,34-37H2,1-5H3. The van der Waals surface area contributed by atoms with Crippen LogP contribution in [0.15, 0.2) is 97.1 Å². The lowest BCUT2D eigenvalue weighted by atomic mass is 10.1. The van der Waals surface area contributed by atoms with E-state index in [1.54, 1.807) is 38.2 Å². The Balaban J connectivity index is 1.01. The second-order valence-electron chi connectivity index (χ2n) is 14.1. The highest BCUT2D eigenvalue weighted by atomic mass is 16.6. The second-order valence-corrected chi connectivity index (χ2v) is 14.1. The summed E-state index contributed by atoms with van der Waals surface area (Å²) >= 11 is 0. The van der Waals surface area contributed by atoms with Gasteiger partial charge in [0.25, 0.3) is 0 Å². The van der Waals surface area contributed by atoms with Gasteiger partial charge in [-0.25, -0.2) is 9.59 Å². The first-order chi connectivity index (χ1) is 30.3. The molecule has 0 aliphatic rings. The van der Waals surface area contributed by atoms with Crippen LogP contribution in [0.25, 0.3) is 0 Å². The van der Waals surface area contributed by atoms with Crippen LogP contribution in [0.5, 0.6) is 23.0 Å². The van der Waals surface area contributed by atoms with Crippen LogP contribution < -0.4 is 18.9 Å². The molecule has 0 aromatic heterocycles. The SMILES string of the molecule is COc1cccc(CN(Cc2cccc(OC)c2)C(=O)OCCOCCOCCN(C)CCOCCOCCOC(=O)N(Cc2cccc(OC)c2)Cc2cccc(OC)c2)c1. The Morgan fingerprint density at radius 1 is 0.403 bits per heavy atom. The quantitative estimate of drug-likeness (QED) is 0.0516. The number of rotatable bonds is 30. The van der Waals surface area contributed by atoms with Gasteiger partial charge in [0, 0.05) is 39.3 Å². The number of likely N-dealkylation sites (N-methyl/N-ethyl adjacent to an activating group) is 1. The molecule has 0 fully saturated rings. The third-order valence-corrected chi connectivity index (χ3v) is 9.43. The Morgan fingerprint density at radius 2 is 0.677 bits per heavy atom. The third-order valence-electron chi connectivity index (χ3n) is 9.43. The average molecular weight is 862 g/mol. The van der Waals surface area contributed by atoms with E-state index in [9.17, 15) is 9.59 Å². The molecule has 338 valence electrons. The van der Waals surface area contributed by atoms with Crippen LogP contribution in [0.4, 0.5) is 9.59 Å². The van der Waals surface area contributed by atoms with Crippen molar-refractivity contribution in [2.24, 2.45) is 0 Å². The fraction of sp³-hybridized carbons (Fsp3) is 0.447. The summed E-state index contributed by atoms with van der Waals surface area (Å²) in [6.45, 7) is 6.25. The lowest BCUT2D eigenvalue weighted by Crippen LogP contribution is -2.31. The Labute approximate surface area is 366 Å². The number of hydrogen-bond acceptors (Lipinski definition) is 13. The molecule has 0 radical (unpaired) electrons. The first kappa shape index (κ1) is 49.1. The molecule has 2 amide bonds. The maximum atomic E-state index is 13.1. The average Bonchev–Trinajstić information content (AvgIpc) is 3.30. The first-order valence-corrected chi connectivity index (χ1v) is 20.6. The van der Waals surface area contributed by atoms with Gasteiger partial charge in [-0.15, -0.1) is 0 Å². The van der Waals surface area contributed by atoms with Gasteiger partial charge in [0.05, 0.1) is 81.3 Å². The number of ether oxygens (including phenoxy) is 10. The van der Waals surface area contributed by atoms with Gasteiger partial charge in [0.15, 0.2) is 0 Å². The van der Waals surface area contributed by atoms with Gasteiger partial charge in [-0.3, -0.25) is 9.80 Å². The van der Waals surface area contributed by atoms with Crippen LogP contribution in [-0.4, -0.2) is 142 Å². The van der Waals surface area contributed by atoms with Crippen molar-refractivity contribution in [3.8, 4) is 23.0 Å². The van der Waals surface area contributed by atoms with E-state index in [2.05, 4.69) is 4.90 Å². The Kier molecular flexibility index (Phi) is 22.8. The lowest BCUT2D eigenvalue weighted by molar-refractivity contribution is 0.0103. The van der Waals surface area contributed by atoms with Crippen molar-refractivity contribution in [1.29, 1.82) is 0 Å². The predicted octanol–water partition coefficient (Wildman–Crippen LogP) is 6.70. The maximum Gasteiger partial charge on any atom is 0.410 e. The predicted molar refractivity (Wildman–Crippen MR) is 234 cm³/mol. The molecule has 0 atom stereocenters. The van der Waals surface area contributed by atoms with E-state index in [4.69, 9.17) is 47.4 Å². The number of carbonyl (C=O) groups is 2. The van der Waals surface area contributed by atoms with Gasteiger partial charge in [-0.05, 0) is 77.8 Å². The van der Waals surface area contributed by atoms with E-state index in [1.165, 1.54) is 0 Å². The third kappa shape index (κ3) is 19.0. The van der Waals surface area contributed by atoms with Crippen LogP contribution in [0.2, 0.25) is 0 Å². The van der Waals surface area contributed by atoms with Gasteiger partial charge in [0.1, 0.15) is 36.2 Å². The summed E-state index contributed by atoms with van der Waals surface area (Å²) in [5.41, 5.74) is 3.67. The molecule has 0 N–H and O–H groups in total. The number of carbonyl (C=O) groups excluding carboxylic acids is 2.